The van der Waals surface area contributed by atoms with E-state index < -0.39 is 0 Å². The molecule has 1 aromatic carbocycles. The fourth-order valence-corrected chi connectivity index (χ4v) is 4.11. The zero-order chi connectivity index (χ0) is 14.7. The van der Waals surface area contributed by atoms with E-state index in [1.807, 2.05) is 23.5 Å². The third kappa shape index (κ3) is 3.67. The van der Waals surface area contributed by atoms with Gasteiger partial charge in [-0.25, -0.2) is 0 Å². The first-order valence-corrected chi connectivity index (χ1v) is 8.75. The molecule has 21 heavy (non-hydrogen) atoms. The maximum atomic E-state index is 6.06. The van der Waals surface area contributed by atoms with Crippen molar-refractivity contribution in [1.29, 1.82) is 0 Å². The number of nitrogens with one attached hydrogen (secondary N) is 1. The van der Waals surface area contributed by atoms with E-state index in [1.54, 1.807) is 0 Å². The minimum atomic E-state index is 0.348. The second-order valence-electron chi connectivity index (χ2n) is 5.62. The molecular weight excluding hydrogens is 300 g/mol. The molecule has 0 saturated carbocycles. The number of hydrogen-bond donors (Lipinski definition) is 1. The topological polar surface area (TPSA) is 15.3 Å². The minimum Gasteiger partial charge on any atom is -0.315 e. The first-order chi connectivity index (χ1) is 10.2. The molecule has 1 saturated heterocycles. The van der Waals surface area contributed by atoms with Gasteiger partial charge in [-0.05, 0) is 54.6 Å². The van der Waals surface area contributed by atoms with Gasteiger partial charge in [-0.2, -0.15) is 0 Å². The van der Waals surface area contributed by atoms with Crippen LogP contribution in [-0.4, -0.2) is 31.1 Å². The number of thiophene rings is 1. The van der Waals surface area contributed by atoms with E-state index in [-0.39, 0.29) is 0 Å². The van der Waals surface area contributed by atoms with Crippen LogP contribution in [0.2, 0.25) is 5.02 Å². The molecule has 1 unspecified atom stereocenters. The molecule has 0 radical (unpaired) electrons. The van der Waals surface area contributed by atoms with Crippen LogP contribution in [-0.2, 0) is 0 Å². The molecule has 2 nitrogen and oxygen atoms in total. The second-order valence-corrected chi connectivity index (χ2v) is 7.00. The second kappa shape index (κ2) is 6.93. The molecule has 0 bridgehead atoms. The highest BCUT2D eigenvalue weighted by molar-refractivity contribution is 7.10. The Bertz CT molecular complexity index is 571. The number of nitrogens with zero attached hydrogens (tertiary/aromatic N) is 1. The number of halogens is 1. The smallest absolute Gasteiger partial charge is 0.0696 e. The quantitative estimate of drug-likeness (QED) is 0.916. The SMILES string of the molecule is Cc1csc(C(c2ccc(Cl)cc2)N2CCCNCC2)c1. The van der Waals surface area contributed by atoms with Gasteiger partial charge < -0.3 is 5.32 Å². The van der Waals surface area contributed by atoms with Crippen LogP contribution < -0.4 is 5.32 Å². The predicted octanol–water partition coefficient (Wildman–Crippen LogP) is 4.09. The molecule has 112 valence electrons. The molecule has 0 spiro atoms. The summed E-state index contributed by atoms with van der Waals surface area (Å²) >= 11 is 7.92. The Hall–Kier alpha value is -0.870. The van der Waals surface area contributed by atoms with Crippen molar-refractivity contribution in [3.63, 3.8) is 0 Å². The minimum absolute atomic E-state index is 0.348. The fraction of sp³-hybridized carbons (Fsp3) is 0.412. The molecule has 1 aromatic heterocycles. The van der Waals surface area contributed by atoms with Crippen molar-refractivity contribution in [1.82, 2.24) is 10.2 Å². The summed E-state index contributed by atoms with van der Waals surface area (Å²) in [6, 6.07) is 11.0. The molecule has 4 heteroatoms. The lowest BCUT2D eigenvalue weighted by Gasteiger charge is -2.30. The normalized spacial score (nSPS) is 18.4. The van der Waals surface area contributed by atoms with Crippen molar-refractivity contribution >= 4 is 22.9 Å². The number of rotatable bonds is 3. The van der Waals surface area contributed by atoms with Crippen LogP contribution in [0.3, 0.4) is 0 Å². The van der Waals surface area contributed by atoms with Crippen LogP contribution >= 0.6 is 22.9 Å². The van der Waals surface area contributed by atoms with Gasteiger partial charge in [0.25, 0.3) is 0 Å². The monoisotopic (exact) mass is 320 g/mol. The standard InChI is InChI=1S/C17H21ClN2S/c1-13-11-16(21-12-13)17(14-3-5-15(18)6-4-14)20-9-2-7-19-8-10-20/h3-6,11-12,17,19H,2,7-10H2,1H3. The van der Waals surface area contributed by atoms with E-state index in [2.05, 4.69) is 40.7 Å². The van der Waals surface area contributed by atoms with Crippen molar-refractivity contribution in [2.24, 2.45) is 0 Å². The van der Waals surface area contributed by atoms with E-state index in [9.17, 15) is 0 Å². The van der Waals surface area contributed by atoms with Crippen LogP contribution in [0.15, 0.2) is 35.7 Å². The summed E-state index contributed by atoms with van der Waals surface area (Å²) in [4.78, 5) is 4.02. The predicted molar refractivity (Wildman–Crippen MR) is 91.4 cm³/mol. The number of hydrogen-bond acceptors (Lipinski definition) is 3. The van der Waals surface area contributed by atoms with E-state index in [0.29, 0.717) is 6.04 Å². The van der Waals surface area contributed by atoms with Crippen molar-refractivity contribution in [3.8, 4) is 0 Å². The van der Waals surface area contributed by atoms with Gasteiger partial charge in [0.2, 0.25) is 0 Å². The Labute approximate surface area is 135 Å². The molecule has 2 heterocycles. The third-order valence-corrected chi connectivity index (χ3v) is 5.30. The Morgan fingerprint density at radius 1 is 1.19 bits per heavy atom. The van der Waals surface area contributed by atoms with Crippen LogP contribution in [0, 0.1) is 6.92 Å². The van der Waals surface area contributed by atoms with Gasteiger partial charge in [0.15, 0.2) is 0 Å². The van der Waals surface area contributed by atoms with Crippen molar-refractivity contribution in [2.75, 3.05) is 26.2 Å². The average Bonchev–Trinajstić information content (AvgIpc) is 2.74. The molecule has 1 fully saturated rings. The highest BCUT2D eigenvalue weighted by atomic mass is 35.5. The largest absolute Gasteiger partial charge is 0.315 e. The molecule has 0 amide bonds. The summed E-state index contributed by atoms with van der Waals surface area (Å²) in [6.45, 7) is 6.58. The summed E-state index contributed by atoms with van der Waals surface area (Å²) in [7, 11) is 0. The van der Waals surface area contributed by atoms with Gasteiger partial charge in [0, 0.05) is 29.5 Å². The molecular formula is C17H21ClN2S. The lowest BCUT2D eigenvalue weighted by atomic mass is 10.0. The third-order valence-electron chi connectivity index (χ3n) is 3.95. The lowest BCUT2D eigenvalue weighted by molar-refractivity contribution is 0.244. The van der Waals surface area contributed by atoms with Gasteiger partial charge in [-0.3, -0.25) is 4.90 Å². The van der Waals surface area contributed by atoms with Gasteiger partial charge in [-0.1, -0.05) is 23.7 Å². The summed E-state index contributed by atoms with van der Waals surface area (Å²) in [5.74, 6) is 0. The van der Waals surface area contributed by atoms with Gasteiger partial charge in [0.1, 0.15) is 0 Å². The molecule has 2 aromatic rings. The van der Waals surface area contributed by atoms with Gasteiger partial charge in [0.05, 0.1) is 6.04 Å². The average molecular weight is 321 g/mol. The Morgan fingerprint density at radius 2 is 2.00 bits per heavy atom. The number of aryl methyl sites for hydroxylation is 1. The fourth-order valence-electron chi connectivity index (χ4n) is 2.92. The van der Waals surface area contributed by atoms with E-state index >= 15 is 0 Å². The van der Waals surface area contributed by atoms with E-state index in [4.69, 9.17) is 11.6 Å². The molecule has 0 aliphatic carbocycles. The maximum absolute atomic E-state index is 6.06. The van der Waals surface area contributed by atoms with Crippen LogP contribution in [0.5, 0.6) is 0 Å². The highest BCUT2D eigenvalue weighted by Gasteiger charge is 2.24. The molecule has 1 aliphatic heterocycles. The van der Waals surface area contributed by atoms with Crippen LogP contribution in [0.1, 0.15) is 28.5 Å². The molecule has 1 N–H and O–H groups in total. The lowest BCUT2D eigenvalue weighted by Crippen LogP contribution is -2.32. The Balaban J connectivity index is 1.95. The molecule has 3 rings (SSSR count). The van der Waals surface area contributed by atoms with E-state index in [1.165, 1.54) is 22.4 Å². The highest BCUT2D eigenvalue weighted by Crippen LogP contribution is 2.33. The summed E-state index contributed by atoms with van der Waals surface area (Å²) in [6.07, 6.45) is 1.20. The summed E-state index contributed by atoms with van der Waals surface area (Å²) in [5, 5.41) is 6.54. The van der Waals surface area contributed by atoms with Crippen molar-refractivity contribution in [2.45, 2.75) is 19.4 Å². The Morgan fingerprint density at radius 3 is 2.71 bits per heavy atom. The summed E-state index contributed by atoms with van der Waals surface area (Å²) < 4.78 is 0. The maximum Gasteiger partial charge on any atom is 0.0696 e. The molecule has 1 atom stereocenters. The van der Waals surface area contributed by atoms with Crippen molar-refractivity contribution < 1.29 is 0 Å². The first-order valence-electron chi connectivity index (χ1n) is 7.49. The zero-order valence-corrected chi connectivity index (χ0v) is 13.9. The van der Waals surface area contributed by atoms with Gasteiger partial charge >= 0.3 is 0 Å². The van der Waals surface area contributed by atoms with E-state index in [0.717, 1.165) is 31.2 Å². The number of benzene rings is 1. The first kappa shape index (κ1) is 15.0. The van der Waals surface area contributed by atoms with Gasteiger partial charge in [-0.15, -0.1) is 11.3 Å². The Kier molecular flexibility index (Phi) is 4.96. The molecule has 1 aliphatic rings. The summed E-state index contributed by atoms with van der Waals surface area (Å²) in [5.41, 5.74) is 2.69. The van der Waals surface area contributed by atoms with Crippen LogP contribution in [0.25, 0.3) is 0 Å². The zero-order valence-electron chi connectivity index (χ0n) is 12.3. The van der Waals surface area contributed by atoms with Crippen molar-refractivity contribution in [3.05, 3.63) is 56.7 Å². The van der Waals surface area contributed by atoms with Crippen LogP contribution in [0.4, 0.5) is 0 Å².